The molecule has 2 aromatic rings. The van der Waals surface area contributed by atoms with E-state index in [1.165, 1.54) is 11.3 Å². The first kappa shape index (κ1) is 16.6. The number of nitrogens with one attached hydrogen (secondary N) is 1. The number of anilines is 1. The highest BCUT2D eigenvalue weighted by atomic mass is 35.5. The van der Waals surface area contributed by atoms with E-state index in [4.69, 9.17) is 0 Å². The molecule has 0 aliphatic heterocycles. The Morgan fingerprint density at radius 1 is 1.35 bits per heavy atom. The molecule has 0 aliphatic carbocycles. The minimum Gasteiger partial charge on any atom is -0.363 e. The van der Waals surface area contributed by atoms with E-state index in [9.17, 15) is 0 Å². The second kappa shape index (κ2) is 7.33. The van der Waals surface area contributed by atoms with Gasteiger partial charge in [-0.05, 0) is 32.8 Å². The van der Waals surface area contributed by atoms with E-state index in [1.807, 2.05) is 27.8 Å². The van der Waals surface area contributed by atoms with Crippen molar-refractivity contribution >= 4 is 18.2 Å². The van der Waals surface area contributed by atoms with E-state index < -0.39 is 0 Å². The molecule has 0 radical (unpaired) electrons. The summed E-state index contributed by atoms with van der Waals surface area (Å²) in [5, 5.41) is 12.3. The average molecular weight is 298 g/mol. The molecule has 6 heteroatoms. The molecular weight excluding hydrogens is 274 g/mol. The summed E-state index contributed by atoms with van der Waals surface area (Å²) in [6, 6.07) is 2.46. The van der Waals surface area contributed by atoms with Gasteiger partial charge in [0, 0.05) is 24.8 Å². The molecule has 1 unspecified atom stereocenters. The zero-order valence-corrected chi connectivity index (χ0v) is 13.4. The maximum absolute atomic E-state index is 4.54. The summed E-state index contributed by atoms with van der Waals surface area (Å²) in [5.74, 6) is 0.920. The average Bonchev–Trinajstić information content (AvgIpc) is 3.02. The number of hydrogen-bond donors (Lipinski definition) is 1. The van der Waals surface area contributed by atoms with Crippen molar-refractivity contribution in [1.82, 2.24) is 19.6 Å². The van der Waals surface area contributed by atoms with E-state index >= 15 is 0 Å². The Morgan fingerprint density at radius 2 is 2.10 bits per heavy atom. The second-order valence-corrected chi connectivity index (χ2v) is 4.88. The van der Waals surface area contributed by atoms with Gasteiger partial charge in [0.15, 0.2) is 0 Å². The molecule has 20 heavy (non-hydrogen) atoms. The fraction of sp³-hybridized carbons (Fsp3) is 0.571. The van der Waals surface area contributed by atoms with E-state index in [2.05, 4.69) is 43.2 Å². The smallest absolute Gasteiger partial charge is 0.148 e. The topological polar surface area (TPSA) is 47.7 Å². The van der Waals surface area contributed by atoms with Crippen LogP contribution in [0.25, 0.3) is 0 Å². The zero-order chi connectivity index (χ0) is 13.8. The van der Waals surface area contributed by atoms with Crippen molar-refractivity contribution in [3.05, 3.63) is 29.7 Å². The molecule has 2 rings (SSSR count). The van der Waals surface area contributed by atoms with E-state index in [0.29, 0.717) is 6.04 Å². The highest BCUT2D eigenvalue weighted by Crippen LogP contribution is 2.14. The number of aryl methyl sites for hydroxylation is 2. The molecule has 2 heterocycles. The van der Waals surface area contributed by atoms with Crippen LogP contribution in [0.1, 0.15) is 44.5 Å². The fourth-order valence-corrected chi connectivity index (χ4v) is 2.05. The van der Waals surface area contributed by atoms with E-state index in [0.717, 1.165) is 25.3 Å². The first-order chi connectivity index (χ1) is 9.15. The Balaban J connectivity index is 0.00000200. The fourth-order valence-electron chi connectivity index (χ4n) is 2.05. The molecule has 112 valence electrons. The van der Waals surface area contributed by atoms with Gasteiger partial charge in [-0.1, -0.05) is 6.92 Å². The van der Waals surface area contributed by atoms with Crippen molar-refractivity contribution in [3.63, 3.8) is 0 Å². The van der Waals surface area contributed by atoms with Crippen molar-refractivity contribution in [2.45, 2.75) is 53.2 Å². The summed E-state index contributed by atoms with van der Waals surface area (Å²) in [6.07, 6.45) is 5.03. The molecule has 0 spiro atoms. The van der Waals surface area contributed by atoms with Crippen LogP contribution < -0.4 is 5.32 Å². The highest BCUT2D eigenvalue weighted by molar-refractivity contribution is 5.85. The molecule has 0 aromatic carbocycles. The van der Waals surface area contributed by atoms with Gasteiger partial charge in [-0.3, -0.25) is 9.36 Å². The number of hydrogen-bond acceptors (Lipinski definition) is 3. The number of rotatable bonds is 6. The third-order valence-corrected chi connectivity index (χ3v) is 3.54. The minimum absolute atomic E-state index is 0. The van der Waals surface area contributed by atoms with Crippen LogP contribution in [0.3, 0.4) is 0 Å². The van der Waals surface area contributed by atoms with Gasteiger partial charge in [-0.15, -0.1) is 12.4 Å². The Bertz CT molecular complexity index is 531. The Morgan fingerprint density at radius 3 is 2.75 bits per heavy atom. The normalized spacial score (nSPS) is 12.0. The Hall–Kier alpha value is -1.49. The lowest BCUT2D eigenvalue weighted by atomic mass is 10.3. The third kappa shape index (κ3) is 3.54. The summed E-state index contributed by atoms with van der Waals surface area (Å²) < 4.78 is 4.03. The van der Waals surface area contributed by atoms with Gasteiger partial charge in [0.2, 0.25) is 0 Å². The highest BCUT2D eigenvalue weighted by Gasteiger charge is 2.08. The van der Waals surface area contributed by atoms with Crippen LogP contribution in [-0.4, -0.2) is 19.6 Å². The first-order valence-electron chi connectivity index (χ1n) is 6.96. The van der Waals surface area contributed by atoms with Crippen molar-refractivity contribution in [3.8, 4) is 0 Å². The van der Waals surface area contributed by atoms with Gasteiger partial charge in [0.05, 0.1) is 18.4 Å². The molecule has 0 saturated heterocycles. The summed E-state index contributed by atoms with van der Waals surface area (Å²) >= 11 is 0. The quantitative estimate of drug-likeness (QED) is 0.889. The minimum atomic E-state index is 0. The summed E-state index contributed by atoms with van der Waals surface area (Å²) in [5.41, 5.74) is 2.44. The third-order valence-electron chi connectivity index (χ3n) is 3.54. The van der Waals surface area contributed by atoms with Crippen LogP contribution in [0.5, 0.6) is 0 Å². The monoisotopic (exact) mass is 297 g/mol. The van der Waals surface area contributed by atoms with Crippen molar-refractivity contribution < 1.29 is 0 Å². The van der Waals surface area contributed by atoms with Gasteiger partial charge in [0.25, 0.3) is 0 Å². The molecule has 2 aromatic heterocycles. The molecule has 1 atom stereocenters. The largest absolute Gasteiger partial charge is 0.363 e. The van der Waals surface area contributed by atoms with Gasteiger partial charge in [0.1, 0.15) is 5.82 Å². The van der Waals surface area contributed by atoms with E-state index in [-0.39, 0.29) is 12.4 Å². The number of nitrogens with zero attached hydrogens (tertiary/aromatic N) is 4. The Labute approximate surface area is 126 Å². The van der Waals surface area contributed by atoms with Crippen LogP contribution in [0, 0.1) is 6.92 Å². The Kier molecular flexibility index (Phi) is 6.07. The maximum Gasteiger partial charge on any atom is 0.148 e. The predicted octanol–water partition coefficient (Wildman–Crippen LogP) is 3.41. The van der Waals surface area contributed by atoms with Gasteiger partial charge in [-0.2, -0.15) is 10.2 Å². The molecule has 5 nitrogen and oxygen atoms in total. The molecule has 0 amide bonds. The lowest BCUT2D eigenvalue weighted by Crippen LogP contribution is -2.10. The lowest BCUT2D eigenvalue weighted by molar-refractivity contribution is 0.479. The lowest BCUT2D eigenvalue weighted by Gasteiger charge is -2.09. The molecule has 0 fully saturated rings. The van der Waals surface area contributed by atoms with Crippen molar-refractivity contribution in [1.29, 1.82) is 0 Å². The predicted molar refractivity (Wildman–Crippen MR) is 84.4 cm³/mol. The van der Waals surface area contributed by atoms with E-state index in [1.54, 1.807) is 0 Å². The van der Waals surface area contributed by atoms with Crippen LogP contribution in [0.4, 0.5) is 5.82 Å². The molecule has 1 N–H and O–H groups in total. The van der Waals surface area contributed by atoms with Crippen LogP contribution in [0.2, 0.25) is 0 Å². The van der Waals surface area contributed by atoms with Gasteiger partial charge >= 0.3 is 0 Å². The van der Waals surface area contributed by atoms with Crippen LogP contribution >= 0.6 is 12.4 Å². The zero-order valence-electron chi connectivity index (χ0n) is 12.6. The summed E-state index contributed by atoms with van der Waals surface area (Å²) in [7, 11) is 0. The van der Waals surface area contributed by atoms with Gasteiger partial charge < -0.3 is 5.32 Å². The molecule has 0 bridgehead atoms. The maximum atomic E-state index is 4.54. The number of halogens is 1. The van der Waals surface area contributed by atoms with Crippen LogP contribution in [0.15, 0.2) is 18.5 Å². The molecule has 0 saturated carbocycles. The van der Waals surface area contributed by atoms with Crippen molar-refractivity contribution in [2.24, 2.45) is 0 Å². The SMILES string of the molecule is CCC(C)n1ccc(NCc2c(C)cnn2CC)n1.Cl. The summed E-state index contributed by atoms with van der Waals surface area (Å²) in [6.45, 7) is 10.2. The second-order valence-electron chi connectivity index (χ2n) is 4.88. The standard InChI is InChI=1S/C14H23N5.ClH/c1-5-12(4)19-8-7-14(17-19)15-10-13-11(3)9-16-18(13)6-2;/h7-9,12H,5-6,10H2,1-4H3,(H,15,17);1H. The number of aromatic nitrogens is 4. The van der Waals surface area contributed by atoms with Gasteiger partial charge in [-0.25, -0.2) is 0 Å². The summed E-state index contributed by atoms with van der Waals surface area (Å²) in [4.78, 5) is 0. The van der Waals surface area contributed by atoms with Crippen molar-refractivity contribution in [2.75, 3.05) is 5.32 Å². The first-order valence-corrected chi connectivity index (χ1v) is 6.96. The van der Waals surface area contributed by atoms with Crippen LogP contribution in [-0.2, 0) is 13.1 Å². The molecule has 0 aliphatic rings. The molecular formula is C14H24ClN5.